The molecule has 10 heteroatoms. The molecule has 3 aliphatic heterocycles. The molecule has 3 saturated heterocycles. The van der Waals surface area contributed by atoms with Gasteiger partial charge >= 0.3 is 5.97 Å². The van der Waals surface area contributed by atoms with Gasteiger partial charge in [-0.1, -0.05) is 69.7 Å². The van der Waals surface area contributed by atoms with E-state index in [1.165, 1.54) is 4.90 Å². The average Bonchev–Trinajstić information content (AvgIpc) is 3.70. The van der Waals surface area contributed by atoms with Gasteiger partial charge in [0.05, 0.1) is 37.1 Å². The number of likely N-dealkylation sites (tertiary alicyclic amines) is 1. The molecule has 3 aliphatic rings. The van der Waals surface area contributed by atoms with Crippen molar-refractivity contribution in [1.82, 2.24) is 15.1 Å². The summed E-state index contributed by atoms with van der Waals surface area (Å²) in [5.74, 6) is -3.08. The molecule has 0 saturated carbocycles. The van der Waals surface area contributed by atoms with Gasteiger partial charge < -0.3 is 29.7 Å². The molecule has 1 spiro atoms. The van der Waals surface area contributed by atoms with E-state index in [2.05, 4.69) is 18.5 Å². The van der Waals surface area contributed by atoms with Crippen LogP contribution < -0.4 is 5.32 Å². The molecule has 3 fully saturated rings. The number of nitrogens with one attached hydrogen (secondary N) is 1. The summed E-state index contributed by atoms with van der Waals surface area (Å²) in [4.78, 5) is 58.8. The molecule has 0 aliphatic carbocycles. The molecule has 1 aromatic carbocycles. The minimum Gasteiger partial charge on any atom is -0.455 e. The minimum absolute atomic E-state index is 0.0654. The highest BCUT2D eigenvalue weighted by molar-refractivity contribution is 5.98. The van der Waals surface area contributed by atoms with Crippen molar-refractivity contribution in [2.24, 2.45) is 17.8 Å². The number of carbonyl (C=O) groups excluding carboxylic acids is 4. The normalized spacial score (nSPS) is 26.0. The van der Waals surface area contributed by atoms with Crippen molar-refractivity contribution in [3.05, 3.63) is 61.2 Å². The SMILES string of the molecule is C=CCCC(=O)NC[C@@H](OC(=O)[C@@H]1[C@@H]2CC[C@]3(O2)[C@H](C(=O)N(CC=C)CCCC)N([C@@H](CO)CC(C)C)C(=O)[C@@H]13)c1ccccc1. The lowest BCUT2D eigenvalue weighted by Gasteiger charge is -2.39. The smallest absolute Gasteiger partial charge is 0.313 e. The summed E-state index contributed by atoms with van der Waals surface area (Å²) in [7, 11) is 0. The Balaban J connectivity index is 1.67. The van der Waals surface area contributed by atoms with Crippen LogP contribution in [0.25, 0.3) is 0 Å². The van der Waals surface area contributed by atoms with E-state index < -0.39 is 47.7 Å². The van der Waals surface area contributed by atoms with Crippen LogP contribution in [0, 0.1) is 17.8 Å². The maximum absolute atomic E-state index is 14.5. The number of hydrogen-bond acceptors (Lipinski definition) is 7. The number of aliphatic hydroxyl groups is 1. The second kappa shape index (κ2) is 15.9. The van der Waals surface area contributed by atoms with Crippen molar-refractivity contribution in [1.29, 1.82) is 0 Å². The molecule has 10 nitrogen and oxygen atoms in total. The van der Waals surface area contributed by atoms with Crippen molar-refractivity contribution in [3.63, 3.8) is 0 Å². The summed E-state index contributed by atoms with van der Waals surface area (Å²) in [6.07, 6.45) is 5.88. The van der Waals surface area contributed by atoms with Gasteiger partial charge in [0.1, 0.15) is 17.7 Å². The van der Waals surface area contributed by atoms with E-state index in [1.54, 1.807) is 17.1 Å². The fourth-order valence-corrected chi connectivity index (χ4v) is 7.46. The Hall–Kier alpha value is -3.50. The van der Waals surface area contributed by atoms with Crippen molar-refractivity contribution < 1.29 is 33.8 Å². The van der Waals surface area contributed by atoms with Crippen molar-refractivity contribution in [2.45, 2.75) is 95.6 Å². The molecular weight excluding hydrogens is 586 g/mol. The molecule has 3 amide bonds. The molecule has 2 N–H and O–H groups in total. The first kappa shape index (κ1) is 35.4. The highest BCUT2D eigenvalue weighted by Gasteiger charge is 2.75. The average molecular weight is 638 g/mol. The number of benzene rings is 1. The maximum Gasteiger partial charge on any atom is 0.313 e. The van der Waals surface area contributed by atoms with Crippen molar-refractivity contribution >= 4 is 23.7 Å². The van der Waals surface area contributed by atoms with Gasteiger partial charge in [-0.05, 0) is 43.6 Å². The van der Waals surface area contributed by atoms with Crippen LogP contribution in [0.15, 0.2) is 55.6 Å². The van der Waals surface area contributed by atoms with Crippen LogP contribution in [0.2, 0.25) is 0 Å². The Morgan fingerprint density at radius 1 is 1.22 bits per heavy atom. The number of amides is 3. The second-order valence-corrected chi connectivity index (χ2v) is 13.2. The molecule has 7 atom stereocenters. The van der Waals surface area contributed by atoms with Gasteiger partial charge in [0, 0.05) is 19.5 Å². The predicted molar refractivity (Wildman–Crippen MR) is 174 cm³/mol. The van der Waals surface area contributed by atoms with Gasteiger partial charge in [0.15, 0.2) is 0 Å². The fourth-order valence-electron chi connectivity index (χ4n) is 7.46. The highest BCUT2D eigenvalue weighted by atomic mass is 16.6. The van der Waals surface area contributed by atoms with Gasteiger partial charge in [-0.15, -0.1) is 13.2 Å². The van der Waals surface area contributed by atoms with Gasteiger partial charge in [0.2, 0.25) is 17.7 Å². The summed E-state index contributed by atoms with van der Waals surface area (Å²) in [6, 6.07) is 7.58. The highest BCUT2D eigenvalue weighted by Crippen LogP contribution is 2.59. The quantitative estimate of drug-likeness (QED) is 0.185. The Bertz CT molecular complexity index is 1250. The van der Waals surface area contributed by atoms with E-state index in [1.807, 2.05) is 51.1 Å². The molecule has 1 aromatic rings. The third-order valence-corrected chi connectivity index (χ3v) is 9.52. The first-order chi connectivity index (χ1) is 22.1. The van der Waals surface area contributed by atoms with Crippen molar-refractivity contribution in [2.75, 3.05) is 26.2 Å². The lowest BCUT2D eigenvalue weighted by atomic mass is 9.70. The number of esters is 1. The largest absolute Gasteiger partial charge is 0.455 e. The number of aliphatic hydroxyl groups excluding tert-OH is 1. The zero-order chi connectivity index (χ0) is 33.4. The summed E-state index contributed by atoms with van der Waals surface area (Å²) >= 11 is 0. The summed E-state index contributed by atoms with van der Waals surface area (Å²) in [6.45, 7) is 14.1. The molecule has 46 heavy (non-hydrogen) atoms. The molecule has 0 radical (unpaired) electrons. The predicted octanol–water partition coefficient (Wildman–Crippen LogP) is 3.95. The first-order valence-electron chi connectivity index (χ1n) is 16.8. The van der Waals surface area contributed by atoms with Gasteiger partial charge in [-0.2, -0.15) is 0 Å². The van der Waals surface area contributed by atoms with Crippen LogP contribution in [0.5, 0.6) is 0 Å². The standard InChI is InChI=1S/C36H51N3O7/c1-6-9-16-29(41)37-22-28(25-14-12-11-13-15-25)45-35(44)30-27-17-18-36(46-27)31(30)33(42)39(26(23-40)21-24(4)5)32(36)34(43)38(19-8-3)20-10-7-2/h6,8,11-15,24,26-28,30-32,40H,1,3,7,9-10,16-23H2,2,4-5H3,(H,37,41)/t26-,27+,28-,30-,31-,32+,36-/m1/s1. The van der Waals surface area contributed by atoms with E-state index in [0.29, 0.717) is 44.3 Å². The monoisotopic (exact) mass is 637 g/mol. The topological polar surface area (TPSA) is 125 Å². The van der Waals surface area contributed by atoms with E-state index in [0.717, 1.165) is 12.8 Å². The van der Waals surface area contributed by atoms with Crippen LogP contribution >= 0.6 is 0 Å². The third-order valence-electron chi connectivity index (χ3n) is 9.52. The van der Waals surface area contributed by atoms with Crippen LogP contribution in [0.4, 0.5) is 0 Å². The van der Waals surface area contributed by atoms with Crippen LogP contribution in [-0.4, -0.2) is 88.6 Å². The molecular formula is C36H51N3O7. The minimum atomic E-state index is -1.21. The van der Waals surface area contributed by atoms with E-state index in [4.69, 9.17) is 9.47 Å². The van der Waals surface area contributed by atoms with Crippen LogP contribution in [0.1, 0.15) is 77.4 Å². The molecule has 3 heterocycles. The lowest BCUT2D eigenvalue weighted by molar-refractivity contribution is -0.161. The third kappa shape index (κ3) is 7.23. The lowest BCUT2D eigenvalue weighted by Crippen LogP contribution is -2.59. The molecule has 0 unspecified atom stereocenters. The molecule has 4 rings (SSSR count). The van der Waals surface area contributed by atoms with E-state index in [9.17, 15) is 24.3 Å². The number of carbonyl (C=O) groups is 4. The maximum atomic E-state index is 14.5. The number of ether oxygens (including phenoxy) is 2. The van der Waals surface area contributed by atoms with Gasteiger partial charge in [0.25, 0.3) is 0 Å². The summed E-state index contributed by atoms with van der Waals surface area (Å²) in [5.41, 5.74) is -0.501. The van der Waals surface area contributed by atoms with Gasteiger partial charge in [-0.25, -0.2) is 0 Å². The molecule has 252 valence electrons. The summed E-state index contributed by atoms with van der Waals surface area (Å²) in [5, 5.41) is 13.4. The zero-order valence-electron chi connectivity index (χ0n) is 27.6. The number of fused-ring (bicyclic) bond motifs is 1. The van der Waals surface area contributed by atoms with E-state index >= 15 is 0 Å². The molecule has 2 bridgehead atoms. The Labute approximate surface area is 273 Å². The second-order valence-electron chi connectivity index (χ2n) is 13.2. The number of hydrogen-bond donors (Lipinski definition) is 2. The number of unbranched alkanes of at least 4 members (excludes halogenated alkanes) is 1. The molecule has 0 aromatic heterocycles. The van der Waals surface area contributed by atoms with Crippen LogP contribution in [0.3, 0.4) is 0 Å². The number of allylic oxidation sites excluding steroid dienone is 1. The van der Waals surface area contributed by atoms with E-state index in [-0.39, 0.29) is 43.2 Å². The Morgan fingerprint density at radius 3 is 2.59 bits per heavy atom. The Morgan fingerprint density at radius 2 is 1.96 bits per heavy atom. The number of nitrogens with zero attached hydrogens (tertiary/aromatic N) is 2. The number of rotatable bonds is 18. The Kier molecular flexibility index (Phi) is 12.2. The summed E-state index contributed by atoms with van der Waals surface area (Å²) < 4.78 is 12.7. The van der Waals surface area contributed by atoms with Crippen molar-refractivity contribution in [3.8, 4) is 0 Å². The fraction of sp³-hybridized carbons (Fsp3) is 0.611. The van der Waals surface area contributed by atoms with Crippen LogP contribution in [-0.2, 0) is 28.7 Å². The first-order valence-corrected chi connectivity index (χ1v) is 16.8. The zero-order valence-corrected chi connectivity index (χ0v) is 27.6. The van der Waals surface area contributed by atoms with Gasteiger partial charge in [-0.3, -0.25) is 19.2 Å².